The van der Waals surface area contributed by atoms with E-state index < -0.39 is 0 Å². The van der Waals surface area contributed by atoms with Gasteiger partial charge in [0.15, 0.2) is 0 Å². The highest BCUT2D eigenvalue weighted by atomic mass is 15.3. The molecule has 0 bridgehead atoms. The van der Waals surface area contributed by atoms with Gasteiger partial charge in [0.05, 0.1) is 0 Å². The molecule has 0 amide bonds. The summed E-state index contributed by atoms with van der Waals surface area (Å²) in [5, 5.41) is 8.36. The third-order valence-corrected chi connectivity index (χ3v) is 4.26. The molecule has 2 aliphatic carbocycles. The molecule has 2 saturated carbocycles. The van der Waals surface area contributed by atoms with Gasteiger partial charge in [0.25, 0.3) is 0 Å². The largest absolute Gasteiger partial charge is 0.327 e. The molecule has 1 unspecified atom stereocenters. The second kappa shape index (κ2) is 4.77. The van der Waals surface area contributed by atoms with Gasteiger partial charge in [-0.3, -0.25) is 0 Å². The zero-order valence-electron chi connectivity index (χ0n) is 10.4. The average molecular weight is 234 g/mol. The number of aromatic nitrogens is 3. The topological polar surface area (TPSA) is 56.7 Å². The summed E-state index contributed by atoms with van der Waals surface area (Å²) >= 11 is 0. The lowest BCUT2D eigenvalue weighted by Crippen LogP contribution is -2.27. The minimum absolute atomic E-state index is 0.293. The fraction of sp³-hybridized carbons (Fsp3) is 0.846. The first-order valence-corrected chi connectivity index (χ1v) is 6.98. The summed E-state index contributed by atoms with van der Waals surface area (Å²) in [7, 11) is 0. The summed E-state index contributed by atoms with van der Waals surface area (Å²) in [6.45, 7) is 0. The van der Waals surface area contributed by atoms with E-state index in [1.807, 2.05) is 6.33 Å². The van der Waals surface area contributed by atoms with Crippen LogP contribution >= 0.6 is 0 Å². The second-order valence-corrected chi connectivity index (χ2v) is 5.65. The highest BCUT2D eigenvalue weighted by Crippen LogP contribution is 2.33. The quantitative estimate of drug-likeness (QED) is 0.867. The Kier molecular flexibility index (Phi) is 3.14. The second-order valence-electron chi connectivity index (χ2n) is 5.65. The number of nitrogens with zero attached hydrogens (tertiary/aromatic N) is 3. The first-order valence-electron chi connectivity index (χ1n) is 6.98. The van der Waals surface area contributed by atoms with E-state index in [1.54, 1.807) is 0 Å². The zero-order valence-corrected chi connectivity index (χ0v) is 10.4. The van der Waals surface area contributed by atoms with Crippen LogP contribution in [0.1, 0.15) is 56.8 Å². The molecule has 0 aromatic carbocycles. The molecule has 94 valence electrons. The van der Waals surface area contributed by atoms with Crippen molar-refractivity contribution in [1.29, 1.82) is 0 Å². The Morgan fingerprint density at radius 2 is 2.00 bits per heavy atom. The van der Waals surface area contributed by atoms with Crippen LogP contribution in [0.15, 0.2) is 6.33 Å². The Labute approximate surface area is 103 Å². The molecule has 0 spiro atoms. The van der Waals surface area contributed by atoms with Crippen LogP contribution < -0.4 is 5.73 Å². The molecule has 1 atom stereocenters. The highest BCUT2D eigenvalue weighted by Gasteiger charge is 2.30. The van der Waals surface area contributed by atoms with Crippen molar-refractivity contribution in [3.05, 3.63) is 12.2 Å². The van der Waals surface area contributed by atoms with Gasteiger partial charge in [-0.2, -0.15) is 0 Å². The van der Waals surface area contributed by atoms with E-state index in [2.05, 4.69) is 14.8 Å². The molecule has 3 rings (SSSR count). The lowest BCUT2D eigenvalue weighted by atomic mass is 9.95. The van der Waals surface area contributed by atoms with Crippen LogP contribution in [0.2, 0.25) is 0 Å². The highest BCUT2D eigenvalue weighted by molar-refractivity contribution is 4.97. The van der Waals surface area contributed by atoms with Crippen LogP contribution in [0.3, 0.4) is 0 Å². The molecule has 1 heterocycles. The van der Waals surface area contributed by atoms with Crippen molar-refractivity contribution >= 4 is 0 Å². The Morgan fingerprint density at radius 3 is 2.71 bits per heavy atom. The summed E-state index contributed by atoms with van der Waals surface area (Å²) in [6.07, 6.45) is 12.1. The van der Waals surface area contributed by atoms with Crippen molar-refractivity contribution in [2.75, 3.05) is 0 Å². The smallest absolute Gasteiger partial charge is 0.134 e. The summed E-state index contributed by atoms with van der Waals surface area (Å²) < 4.78 is 2.29. The van der Waals surface area contributed by atoms with E-state index in [9.17, 15) is 0 Å². The van der Waals surface area contributed by atoms with Gasteiger partial charge in [-0.1, -0.05) is 19.3 Å². The fourth-order valence-corrected chi connectivity index (χ4v) is 2.98. The Balaban J connectivity index is 1.69. The van der Waals surface area contributed by atoms with E-state index in [-0.39, 0.29) is 0 Å². The first kappa shape index (κ1) is 11.2. The third kappa shape index (κ3) is 2.51. The molecule has 4 heteroatoms. The summed E-state index contributed by atoms with van der Waals surface area (Å²) in [5.74, 6) is 1.85. The molecule has 0 aliphatic heterocycles. The lowest BCUT2D eigenvalue weighted by molar-refractivity contribution is 0.342. The Bertz CT molecular complexity index is 363. The van der Waals surface area contributed by atoms with E-state index >= 15 is 0 Å². The number of hydrogen-bond acceptors (Lipinski definition) is 3. The molecular formula is C13H22N4. The van der Waals surface area contributed by atoms with Crippen LogP contribution in [-0.2, 0) is 6.42 Å². The van der Waals surface area contributed by atoms with Crippen LogP contribution in [0.5, 0.6) is 0 Å². The van der Waals surface area contributed by atoms with Crippen LogP contribution in [0.25, 0.3) is 0 Å². The molecule has 1 aromatic heterocycles. The van der Waals surface area contributed by atoms with E-state index in [0.29, 0.717) is 12.1 Å². The van der Waals surface area contributed by atoms with Crippen LogP contribution in [0.4, 0.5) is 0 Å². The van der Waals surface area contributed by atoms with Gasteiger partial charge < -0.3 is 10.3 Å². The minimum Gasteiger partial charge on any atom is -0.327 e. The van der Waals surface area contributed by atoms with Gasteiger partial charge >= 0.3 is 0 Å². The number of nitrogens with two attached hydrogens (primary N) is 1. The molecule has 0 radical (unpaired) electrons. The summed E-state index contributed by atoms with van der Waals surface area (Å²) in [4.78, 5) is 0. The monoisotopic (exact) mass is 234 g/mol. The SMILES string of the molecule is NC(Cc1nncn1C1CCCCC1)C1CC1. The molecular weight excluding hydrogens is 212 g/mol. The molecule has 2 N–H and O–H groups in total. The van der Waals surface area contributed by atoms with Crippen molar-refractivity contribution in [1.82, 2.24) is 14.8 Å². The van der Waals surface area contributed by atoms with Crippen molar-refractivity contribution in [2.45, 2.75) is 63.5 Å². The fourth-order valence-electron chi connectivity index (χ4n) is 2.98. The predicted molar refractivity (Wildman–Crippen MR) is 66.5 cm³/mol. The third-order valence-electron chi connectivity index (χ3n) is 4.26. The van der Waals surface area contributed by atoms with Gasteiger partial charge in [-0.25, -0.2) is 0 Å². The van der Waals surface area contributed by atoms with Crippen molar-refractivity contribution in [3.63, 3.8) is 0 Å². The first-order chi connectivity index (χ1) is 8.34. The summed E-state index contributed by atoms with van der Waals surface area (Å²) in [5.41, 5.74) is 6.19. The van der Waals surface area contributed by atoms with Crippen molar-refractivity contribution in [3.8, 4) is 0 Å². The average Bonchev–Trinajstić information content (AvgIpc) is 3.12. The van der Waals surface area contributed by atoms with E-state index in [4.69, 9.17) is 5.73 Å². The van der Waals surface area contributed by atoms with Gasteiger partial charge in [0, 0.05) is 18.5 Å². The minimum atomic E-state index is 0.293. The standard InChI is InChI=1S/C13H22N4/c14-12(10-6-7-10)8-13-16-15-9-17(13)11-4-2-1-3-5-11/h9-12H,1-8,14H2. The molecule has 2 aliphatic rings. The van der Waals surface area contributed by atoms with Gasteiger partial charge in [-0.15, -0.1) is 10.2 Å². The number of rotatable bonds is 4. The van der Waals surface area contributed by atoms with Gasteiger partial charge in [0.1, 0.15) is 12.2 Å². The lowest BCUT2D eigenvalue weighted by Gasteiger charge is -2.24. The maximum Gasteiger partial charge on any atom is 0.134 e. The van der Waals surface area contributed by atoms with E-state index in [0.717, 1.165) is 18.2 Å². The number of hydrogen-bond donors (Lipinski definition) is 1. The van der Waals surface area contributed by atoms with Crippen molar-refractivity contribution in [2.24, 2.45) is 11.7 Å². The molecule has 4 nitrogen and oxygen atoms in total. The Hall–Kier alpha value is -0.900. The maximum absolute atomic E-state index is 6.19. The molecule has 17 heavy (non-hydrogen) atoms. The van der Waals surface area contributed by atoms with Gasteiger partial charge in [-0.05, 0) is 31.6 Å². The van der Waals surface area contributed by atoms with Crippen LogP contribution in [0, 0.1) is 5.92 Å². The van der Waals surface area contributed by atoms with Gasteiger partial charge in [0.2, 0.25) is 0 Å². The predicted octanol–water partition coefficient (Wildman–Crippen LogP) is 2.06. The molecule has 1 aromatic rings. The van der Waals surface area contributed by atoms with E-state index in [1.165, 1.54) is 44.9 Å². The molecule has 2 fully saturated rings. The Morgan fingerprint density at radius 1 is 1.24 bits per heavy atom. The van der Waals surface area contributed by atoms with Crippen LogP contribution in [-0.4, -0.2) is 20.8 Å². The summed E-state index contributed by atoms with van der Waals surface area (Å²) in [6, 6.07) is 0.918. The molecule has 0 saturated heterocycles. The zero-order chi connectivity index (χ0) is 11.7. The normalized spacial score (nSPS) is 23.8. The maximum atomic E-state index is 6.19. The van der Waals surface area contributed by atoms with Crippen molar-refractivity contribution < 1.29 is 0 Å².